The number of ether oxygens (including phenoxy) is 1. The zero-order chi connectivity index (χ0) is 18.2. The van der Waals surface area contributed by atoms with Gasteiger partial charge in [-0.05, 0) is 29.2 Å². The van der Waals surface area contributed by atoms with Gasteiger partial charge in [-0.25, -0.2) is 9.67 Å². The van der Waals surface area contributed by atoms with Crippen molar-refractivity contribution < 1.29 is 9.53 Å². The minimum absolute atomic E-state index is 0.0302. The molecule has 3 aromatic rings. The lowest BCUT2D eigenvalue weighted by Gasteiger charge is -2.09. The van der Waals surface area contributed by atoms with E-state index in [4.69, 9.17) is 4.74 Å². The fraction of sp³-hybridized carbons (Fsp3) is 0.250. The summed E-state index contributed by atoms with van der Waals surface area (Å²) in [6.07, 6.45) is 4.31. The van der Waals surface area contributed by atoms with E-state index < -0.39 is 0 Å². The molecule has 1 heterocycles. The molecule has 0 bridgehead atoms. The Bertz CT molecular complexity index is 829. The van der Waals surface area contributed by atoms with Crippen LogP contribution < -0.4 is 10.1 Å². The molecule has 0 aliphatic heterocycles. The first kappa shape index (κ1) is 17.7. The fourth-order valence-electron chi connectivity index (χ4n) is 2.71. The van der Waals surface area contributed by atoms with Crippen molar-refractivity contribution in [2.24, 2.45) is 0 Å². The highest BCUT2D eigenvalue weighted by molar-refractivity contribution is 5.76. The maximum atomic E-state index is 12.1. The summed E-state index contributed by atoms with van der Waals surface area (Å²) in [7, 11) is 1.64. The van der Waals surface area contributed by atoms with Crippen molar-refractivity contribution in [1.29, 1.82) is 0 Å². The van der Waals surface area contributed by atoms with Crippen LogP contribution in [0.15, 0.2) is 61.2 Å². The smallest absolute Gasteiger partial charge is 0.220 e. The van der Waals surface area contributed by atoms with Crippen LogP contribution in [0.4, 0.5) is 0 Å². The second kappa shape index (κ2) is 8.80. The van der Waals surface area contributed by atoms with Crippen molar-refractivity contribution >= 4 is 5.91 Å². The van der Waals surface area contributed by atoms with Crippen molar-refractivity contribution in [2.45, 2.75) is 25.9 Å². The standard InChI is InChI=1S/C20H22N4O2/c1-26-19-5-3-2-4-18(19)10-11-20(25)22-12-16-6-8-17(9-7-16)13-24-15-21-14-23-24/h2-9,14-15H,10-13H2,1H3,(H,22,25). The third-order valence-electron chi connectivity index (χ3n) is 4.14. The molecule has 0 saturated carbocycles. The highest BCUT2D eigenvalue weighted by atomic mass is 16.5. The first-order valence-corrected chi connectivity index (χ1v) is 8.53. The van der Waals surface area contributed by atoms with Gasteiger partial charge in [-0.1, -0.05) is 42.5 Å². The number of rotatable bonds is 8. The molecule has 0 radical (unpaired) electrons. The molecule has 0 unspecified atom stereocenters. The Morgan fingerprint density at radius 1 is 1.12 bits per heavy atom. The molecule has 1 aromatic heterocycles. The van der Waals surface area contributed by atoms with Crippen molar-refractivity contribution in [1.82, 2.24) is 20.1 Å². The van der Waals surface area contributed by atoms with Gasteiger partial charge in [-0.2, -0.15) is 5.10 Å². The number of nitrogens with one attached hydrogen (secondary N) is 1. The maximum Gasteiger partial charge on any atom is 0.220 e. The number of aryl methyl sites for hydroxylation is 1. The van der Waals surface area contributed by atoms with Crippen molar-refractivity contribution in [3.63, 3.8) is 0 Å². The minimum Gasteiger partial charge on any atom is -0.496 e. The topological polar surface area (TPSA) is 69.0 Å². The van der Waals surface area contributed by atoms with Crippen LogP contribution in [0.25, 0.3) is 0 Å². The number of methoxy groups -OCH3 is 1. The lowest BCUT2D eigenvalue weighted by molar-refractivity contribution is -0.121. The Balaban J connectivity index is 1.45. The minimum atomic E-state index is 0.0302. The van der Waals surface area contributed by atoms with Crippen molar-refractivity contribution in [2.75, 3.05) is 7.11 Å². The van der Waals surface area contributed by atoms with E-state index in [1.165, 1.54) is 6.33 Å². The SMILES string of the molecule is COc1ccccc1CCC(=O)NCc1ccc(Cn2cncn2)cc1. The van der Waals surface area contributed by atoms with Crippen LogP contribution in [0.3, 0.4) is 0 Å². The quantitative estimate of drug-likeness (QED) is 0.678. The van der Waals surface area contributed by atoms with Gasteiger partial charge in [0.05, 0.1) is 13.7 Å². The average Bonchev–Trinajstić information content (AvgIpc) is 3.19. The van der Waals surface area contributed by atoms with E-state index in [2.05, 4.69) is 15.4 Å². The molecular formula is C20H22N4O2. The zero-order valence-corrected chi connectivity index (χ0v) is 14.8. The largest absolute Gasteiger partial charge is 0.496 e. The summed E-state index contributed by atoms with van der Waals surface area (Å²) in [5, 5.41) is 7.06. The Kier molecular flexibility index (Phi) is 5.98. The van der Waals surface area contributed by atoms with Crippen LogP contribution in [0.2, 0.25) is 0 Å². The van der Waals surface area contributed by atoms with Crippen molar-refractivity contribution in [3.8, 4) is 5.75 Å². The first-order valence-electron chi connectivity index (χ1n) is 8.53. The molecule has 0 spiro atoms. The Morgan fingerprint density at radius 2 is 1.88 bits per heavy atom. The lowest BCUT2D eigenvalue weighted by atomic mass is 10.1. The van der Waals surface area contributed by atoms with Crippen LogP contribution in [0.5, 0.6) is 5.75 Å². The monoisotopic (exact) mass is 350 g/mol. The van der Waals surface area contributed by atoms with Gasteiger partial charge in [0.25, 0.3) is 0 Å². The molecular weight excluding hydrogens is 328 g/mol. The molecule has 26 heavy (non-hydrogen) atoms. The van der Waals surface area contributed by atoms with Crippen LogP contribution in [0, 0.1) is 0 Å². The third-order valence-corrected chi connectivity index (χ3v) is 4.14. The normalized spacial score (nSPS) is 10.5. The summed E-state index contributed by atoms with van der Waals surface area (Å²) in [6.45, 7) is 1.21. The summed E-state index contributed by atoms with van der Waals surface area (Å²) >= 11 is 0. The number of carbonyl (C=O) groups excluding carboxylic acids is 1. The number of amides is 1. The van der Waals surface area contributed by atoms with Crippen LogP contribution in [-0.4, -0.2) is 27.8 Å². The summed E-state index contributed by atoms with van der Waals surface area (Å²) < 4.78 is 7.09. The van der Waals surface area contributed by atoms with Gasteiger partial charge in [0.1, 0.15) is 18.4 Å². The molecule has 1 amide bonds. The second-order valence-corrected chi connectivity index (χ2v) is 6.00. The van der Waals surface area contributed by atoms with Gasteiger partial charge < -0.3 is 10.1 Å². The van der Waals surface area contributed by atoms with E-state index in [0.29, 0.717) is 25.9 Å². The average molecular weight is 350 g/mol. The number of nitrogens with zero attached hydrogens (tertiary/aromatic N) is 3. The highest BCUT2D eigenvalue weighted by Crippen LogP contribution is 2.18. The molecule has 0 aliphatic rings. The van der Waals surface area contributed by atoms with Gasteiger partial charge >= 0.3 is 0 Å². The Hall–Kier alpha value is -3.15. The fourth-order valence-corrected chi connectivity index (χ4v) is 2.71. The highest BCUT2D eigenvalue weighted by Gasteiger charge is 2.06. The third kappa shape index (κ3) is 4.92. The number of benzene rings is 2. The summed E-state index contributed by atoms with van der Waals surface area (Å²) in [4.78, 5) is 16.0. The van der Waals surface area contributed by atoms with Crippen LogP contribution in [-0.2, 0) is 24.3 Å². The zero-order valence-electron chi connectivity index (χ0n) is 14.8. The van der Waals surface area contributed by atoms with Gasteiger partial charge in [-0.15, -0.1) is 0 Å². The molecule has 0 aliphatic carbocycles. The molecule has 2 aromatic carbocycles. The van der Waals surface area contributed by atoms with Gasteiger partial charge in [0.15, 0.2) is 0 Å². The molecule has 1 N–H and O–H groups in total. The molecule has 0 atom stereocenters. The number of para-hydroxylation sites is 1. The van der Waals surface area contributed by atoms with E-state index in [9.17, 15) is 4.79 Å². The molecule has 6 heteroatoms. The number of hydrogen-bond acceptors (Lipinski definition) is 4. The Labute approximate surface area is 152 Å². The molecule has 0 saturated heterocycles. The van der Waals surface area contributed by atoms with Crippen molar-refractivity contribution in [3.05, 3.63) is 77.9 Å². The van der Waals surface area contributed by atoms with E-state index in [0.717, 1.165) is 22.4 Å². The maximum absolute atomic E-state index is 12.1. The molecule has 0 fully saturated rings. The lowest BCUT2D eigenvalue weighted by Crippen LogP contribution is -2.23. The van der Waals surface area contributed by atoms with E-state index in [-0.39, 0.29) is 5.91 Å². The Morgan fingerprint density at radius 3 is 2.62 bits per heavy atom. The number of hydrogen-bond donors (Lipinski definition) is 1. The second-order valence-electron chi connectivity index (χ2n) is 6.00. The van der Waals surface area contributed by atoms with Gasteiger partial charge in [-0.3, -0.25) is 4.79 Å². The van der Waals surface area contributed by atoms with Gasteiger partial charge in [0.2, 0.25) is 5.91 Å². The van der Waals surface area contributed by atoms with Crippen LogP contribution >= 0.6 is 0 Å². The van der Waals surface area contributed by atoms with Gasteiger partial charge in [0, 0.05) is 13.0 Å². The number of aromatic nitrogens is 3. The summed E-state index contributed by atoms with van der Waals surface area (Å²) in [6, 6.07) is 15.9. The summed E-state index contributed by atoms with van der Waals surface area (Å²) in [5.74, 6) is 0.853. The number of carbonyl (C=O) groups is 1. The predicted molar refractivity (Wildman–Crippen MR) is 98.7 cm³/mol. The van der Waals surface area contributed by atoms with E-state index in [1.54, 1.807) is 18.1 Å². The van der Waals surface area contributed by atoms with Crippen LogP contribution in [0.1, 0.15) is 23.1 Å². The first-order chi connectivity index (χ1) is 12.7. The molecule has 3 rings (SSSR count). The molecule has 6 nitrogen and oxygen atoms in total. The summed E-state index contributed by atoms with van der Waals surface area (Å²) in [5.41, 5.74) is 3.25. The molecule has 134 valence electrons. The van der Waals surface area contributed by atoms with E-state index in [1.807, 2.05) is 48.5 Å². The predicted octanol–water partition coefficient (Wildman–Crippen LogP) is 2.58. The van der Waals surface area contributed by atoms with E-state index >= 15 is 0 Å².